The first-order chi connectivity index (χ1) is 37.8. The summed E-state index contributed by atoms with van der Waals surface area (Å²) in [5, 5.41) is -1.70. The molecular formula is C68H114O10SSi3. The summed E-state index contributed by atoms with van der Waals surface area (Å²) in [6.07, 6.45) is 12.2. The molecule has 17 atom stereocenters. The van der Waals surface area contributed by atoms with Gasteiger partial charge in [0.1, 0.15) is 11.4 Å². The minimum atomic E-state index is -4.23. The van der Waals surface area contributed by atoms with Crippen LogP contribution in [0, 0.1) is 29.6 Å². The maximum atomic E-state index is 15.4. The fourth-order valence-electron chi connectivity index (χ4n) is 12.3. The molecule has 4 unspecified atom stereocenters. The molecule has 0 N–H and O–H groups in total. The first-order valence-electron chi connectivity index (χ1n) is 31.7. The topological polar surface area (TPSA) is 116 Å². The molecule has 10 nitrogen and oxygen atoms in total. The molecule has 0 spiro atoms. The molecule has 0 amide bonds. The number of hydrogen-bond acceptors (Lipinski definition) is 10. The molecule has 6 rings (SSSR count). The highest BCUT2D eigenvalue weighted by atomic mass is 32.2. The van der Waals surface area contributed by atoms with E-state index in [4.69, 9.17) is 32.2 Å². The molecule has 4 saturated heterocycles. The number of rotatable bonds is 11. The lowest BCUT2D eigenvalue weighted by atomic mass is 9.78. The summed E-state index contributed by atoms with van der Waals surface area (Å²) in [6.45, 7) is 59.2. The molecule has 5 aliphatic heterocycles. The number of sulfone groups is 1. The Hall–Kier alpha value is -2.09. The average molecular weight is 1210 g/mol. The number of ketones is 1. The number of fused-ring (bicyclic) bond motifs is 7. The molecule has 1 aromatic rings. The predicted octanol–water partition coefficient (Wildman–Crippen LogP) is 16.9. The Morgan fingerprint density at radius 2 is 1.27 bits per heavy atom. The van der Waals surface area contributed by atoms with E-state index in [0.29, 0.717) is 25.2 Å². The van der Waals surface area contributed by atoms with Crippen molar-refractivity contribution in [2.24, 2.45) is 29.6 Å². The molecular weight excluding hydrogens is 1090 g/mol. The van der Waals surface area contributed by atoms with Gasteiger partial charge in [-0.2, -0.15) is 0 Å². The van der Waals surface area contributed by atoms with Gasteiger partial charge in [-0.05, 0) is 159 Å². The Balaban J connectivity index is 1.50. The Bertz CT molecular complexity index is 2520. The minimum Gasteiger partial charge on any atom is -0.411 e. The second kappa shape index (κ2) is 27.1. The molecule has 1 aromatic carbocycles. The molecule has 82 heavy (non-hydrogen) atoms. The van der Waals surface area contributed by atoms with Crippen LogP contribution in [0.25, 0.3) is 0 Å². The Labute approximate surface area is 503 Å². The summed E-state index contributed by atoms with van der Waals surface area (Å²) in [4.78, 5) is 15.6. The third kappa shape index (κ3) is 16.3. The lowest BCUT2D eigenvalue weighted by Gasteiger charge is -2.54. The average Bonchev–Trinajstić information content (AvgIpc) is 3.87. The van der Waals surface area contributed by atoms with Crippen LogP contribution in [0.3, 0.4) is 0 Å². The second-order valence-electron chi connectivity index (χ2n) is 30.5. The third-order valence-corrected chi connectivity index (χ3v) is 36.8. The number of carbonyl (C=O) groups is 1. The molecule has 0 saturated carbocycles. The van der Waals surface area contributed by atoms with Gasteiger partial charge in [0.25, 0.3) is 0 Å². The van der Waals surface area contributed by atoms with Crippen LogP contribution >= 0.6 is 0 Å². The quantitative estimate of drug-likeness (QED) is 0.157. The van der Waals surface area contributed by atoms with E-state index >= 15 is 13.2 Å². The van der Waals surface area contributed by atoms with Crippen LogP contribution in [0.1, 0.15) is 168 Å². The van der Waals surface area contributed by atoms with Crippen molar-refractivity contribution in [3.8, 4) is 0 Å². The van der Waals surface area contributed by atoms with Gasteiger partial charge < -0.3 is 32.2 Å². The van der Waals surface area contributed by atoms with Crippen LogP contribution < -0.4 is 0 Å². The molecule has 5 aliphatic rings. The highest BCUT2D eigenvalue weighted by Gasteiger charge is 2.57. The zero-order valence-electron chi connectivity index (χ0n) is 54.9. The zero-order valence-corrected chi connectivity index (χ0v) is 58.7. The van der Waals surface area contributed by atoms with Gasteiger partial charge in [0.05, 0.1) is 65.9 Å². The van der Waals surface area contributed by atoms with Crippen LogP contribution in [0.5, 0.6) is 0 Å². The number of hydrogen-bond donors (Lipinski definition) is 0. The minimum absolute atomic E-state index is 0.0254. The summed E-state index contributed by atoms with van der Waals surface area (Å²) < 4.78 is 82.5. The van der Waals surface area contributed by atoms with Gasteiger partial charge in [-0.1, -0.05) is 165 Å². The summed E-state index contributed by atoms with van der Waals surface area (Å²) in [6, 6.07) is 8.52. The van der Waals surface area contributed by atoms with Crippen molar-refractivity contribution in [3.05, 3.63) is 91.1 Å². The molecule has 0 aliphatic carbocycles. The van der Waals surface area contributed by atoms with Crippen molar-refractivity contribution in [2.45, 2.75) is 299 Å². The predicted molar refractivity (Wildman–Crippen MR) is 346 cm³/mol. The fraction of sp³-hybridized carbons (Fsp3) is 0.750. The monoisotopic (exact) mass is 1210 g/mol. The standard InChI is InChI=1S/C68H114O10SSi3/c1-24-44(2)40-58-49(7)61-60(74-58)43-59-48(6)46(4)41-52(73-59)37-39-55-47(5)42-51(72-55)36-34-45(3)35-38-57(76-80(18,19)66(9,10)11)63-64(78-82(22,23)68(15,16)17)62(77-81(20,21)67(12,13)14)50(8)56(75-63)33-29-28-32-54(69)65(61)79(70,71)53-30-26-25-27-31-53/h25-28,30-32,35,38,44,46,49-52,55-65H,3,5-6,24,29,33-34,36-37,39-43H2,1-2,4,7-23H3/b32-28?,38-35+/t44-,46-,49?,50+,51?,52?,55+,56+,57+,58-,59-,60+,61?,62+,63+,64+,65+/m1/s1. The van der Waals surface area contributed by atoms with Crippen LogP contribution in [0.2, 0.25) is 54.4 Å². The summed E-state index contributed by atoms with van der Waals surface area (Å²) in [5.74, 6) is -0.913. The highest BCUT2D eigenvalue weighted by molar-refractivity contribution is 7.92. The van der Waals surface area contributed by atoms with E-state index in [1.54, 1.807) is 30.3 Å². The summed E-state index contributed by atoms with van der Waals surface area (Å²) in [5.41, 5.74) is 3.10. The lowest BCUT2D eigenvalue weighted by Crippen LogP contribution is -2.65. The molecule has 5 heterocycles. The Kier molecular flexibility index (Phi) is 22.8. The van der Waals surface area contributed by atoms with Crippen LogP contribution in [0.4, 0.5) is 0 Å². The van der Waals surface area contributed by atoms with Crippen LogP contribution in [-0.2, 0) is 46.9 Å². The normalized spacial score (nSPS) is 34.9. The number of allylic oxidation sites excluding steroid dienone is 4. The molecule has 0 aromatic heterocycles. The molecule has 14 heteroatoms. The van der Waals surface area contributed by atoms with Gasteiger partial charge in [0, 0.05) is 18.3 Å². The van der Waals surface area contributed by atoms with Crippen molar-refractivity contribution in [1.29, 1.82) is 0 Å². The Morgan fingerprint density at radius 1 is 0.683 bits per heavy atom. The van der Waals surface area contributed by atoms with Gasteiger partial charge in [-0.15, -0.1) is 0 Å². The van der Waals surface area contributed by atoms with E-state index < -0.39 is 76.2 Å². The number of carbonyl (C=O) groups excluding carboxylic acids is 1. The van der Waals surface area contributed by atoms with Crippen molar-refractivity contribution >= 4 is 40.6 Å². The number of benzene rings is 1. The second-order valence-corrected chi connectivity index (χ2v) is 46.9. The van der Waals surface area contributed by atoms with E-state index in [1.807, 2.05) is 12.1 Å². The first kappa shape index (κ1) is 69.0. The van der Waals surface area contributed by atoms with Gasteiger partial charge in [-0.25, -0.2) is 8.42 Å². The largest absolute Gasteiger partial charge is 0.411 e. The highest BCUT2D eigenvalue weighted by Crippen LogP contribution is 2.49. The van der Waals surface area contributed by atoms with E-state index in [1.165, 1.54) is 0 Å². The van der Waals surface area contributed by atoms with Crippen molar-refractivity contribution in [2.75, 3.05) is 0 Å². The van der Waals surface area contributed by atoms with Crippen molar-refractivity contribution < 1.29 is 45.4 Å². The smallest absolute Gasteiger partial charge is 0.193 e. The van der Waals surface area contributed by atoms with Gasteiger partial charge in [0.2, 0.25) is 0 Å². The summed E-state index contributed by atoms with van der Waals surface area (Å²) >= 11 is 0. The van der Waals surface area contributed by atoms with Gasteiger partial charge in [-0.3, -0.25) is 4.79 Å². The van der Waals surface area contributed by atoms with Crippen LogP contribution in [-0.4, -0.2) is 112 Å². The maximum absolute atomic E-state index is 15.4. The zero-order chi connectivity index (χ0) is 61.3. The van der Waals surface area contributed by atoms with Crippen molar-refractivity contribution in [3.63, 3.8) is 0 Å². The van der Waals surface area contributed by atoms with E-state index in [2.05, 4.69) is 168 Å². The third-order valence-electron chi connectivity index (χ3n) is 21.2. The number of ether oxygens (including phenoxy) is 4. The van der Waals surface area contributed by atoms with Gasteiger partial charge in [0.15, 0.2) is 40.6 Å². The van der Waals surface area contributed by atoms with Crippen LogP contribution in [0.15, 0.2) is 96.0 Å². The molecule has 464 valence electrons. The van der Waals surface area contributed by atoms with E-state index in [0.717, 1.165) is 68.1 Å². The van der Waals surface area contributed by atoms with Crippen molar-refractivity contribution in [1.82, 2.24) is 0 Å². The first-order valence-corrected chi connectivity index (χ1v) is 41.9. The van der Waals surface area contributed by atoms with E-state index in [9.17, 15) is 0 Å². The lowest BCUT2D eigenvalue weighted by molar-refractivity contribution is -0.206. The maximum Gasteiger partial charge on any atom is 0.193 e. The SMILES string of the molecule is C=C1/C=C/[C@H](O[Si](C)(C)C(C)(C)C)[C@@H]2O[C@@H](CCC=CC(=O)[C@H](S(=O)(=O)c3ccccc3)C3C(C)[C@@H](C[C@H](C)CC)O[C@H]3C[C@H]3OC(CC[C@@H]4OC(CC1)CC4=C)C[C@@H](C)C3=C)[C@H](C)[C@H](O[Si](C)(C)C(C)(C)C)[C@@H]2O[Si](C)(C)C(C)(C)C. The molecule has 4 fully saturated rings. The molecule has 6 bridgehead atoms. The summed E-state index contributed by atoms with van der Waals surface area (Å²) in [7, 11) is -11.7. The van der Waals surface area contributed by atoms with E-state index in [-0.39, 0.29) is 80.5 Å². The van der Waals surface area contributed by atoms with Gasteiger partial charge >= 0.3 is 0 Å². The Morgan fingerprint density at radius 3 is 1.87 bits per heavy atom. The molecule has 0 radical (unpaired) electrons. The fourth-order valence-corrected chi connectivity index (χ4v) is 18.2.